The van der Waals surface area contributed by atoms with E-state index in [9.17, 15) is 36.7 Å². The summed E-state index contributed by atoms with van der Waals surface area (Å²) in [5.41, 5.74) is -0.536. The van der Waals surface area contributed by atoms with Crippen molar-refractivity contribution in [3.63, 3.8) is 0 Å². The van der Waals surface area contributed by atoms with Crippen molar-refractivity contribution in [3.05, 3.63) is 75.2 Å². The number of nitrogens with one attached hydrogen (secondary N) is 1. The van der Waals surface area contributed by atoms with Crippen LogP contribution < -0.4 is 15.6 Å². The second-order valence-electron chi connectivity index (χ2n) is 9.04. The lowest BCUT2D eigenvalue weighted by atomic mass is 10.1. The number of pyridine rings is 1. The van der Waals surface area contributed by atoms with Gasteiger partial charge in [-0.3, -0.25) is 19.2 Å². The zero-order valence-corrected chi connectivity index (χ0v) is 22.4. The van der Waals surface area contributed by atoms with Crippen molar-refractivity contribution in [3.8, 4) is 5.75 Å². The summed E-state index contributed by atoms with van der Waals surface area (Å²) < 4.78 is 65.8. The molecule has 0 fully saturated rings. The molecule has 2 atom stereocenters. The summed E-state index contributed by atoms with van der Waals surface area (Å²) in [4.78, 5) is 51.6. The fourth-order valence-corrected chi connectivity index (χ4v) is 4.07. The number of fused-ring (bicyclic) bond motifs is 1. The van der Waals surface area contributed by atoms with Crippen LogP contribution in [0.2, 0.25) is 5.02 Å². The fourth-order valence-electron chi connectivity index (χ4n) is 3.89. The quantitative estimate of drug-likeness (QED) is 0.200. The molecule has 214 valence electrons. The number of halogens is 5. The Hall–Kier alpha value is -3.93. The van der Waals surface area contributed by atoms with Gasteiger partial charge in [0.25, 0.3) is 5.56 Å². The molecule has 0 aliphatic rings. The zero-order valence-electron chi connectivity index (χ0n) is 21.6. The molecule has 0 spiro atoms. The molecule has 0 aliphatic heterocycles. The van der Waals surface area contributed by atoms with Crippen LogP contribution in [0.15, 0.2) is 41.3 Å². The molecular formula is C27H25ClF4N2O6. The van der Waals surface area contributed by atoms with Crippen LogP contribution in [0.5, 0.6) is 5.75 Å². The number of Topliss-reactive ketones (excluding diaryl/α,β-unsaturated/α-hetero) is 1. The Kier molecular flexibility index (Phi) is 9.91. The maximum Gasteiger partial charge on any atom is 0.308 e. The number of nitrogens with zero attached hydrogens (tertiary/aromatic N) is 1. The van der Waals surface area contributed by atoms with Crippen molar-refractivity contribution in [2.75, 3.05) is 6.61 Å². The van der Waals surface area contributed by atoms with Crippen molar-refractivity contribution < 1.29 is 41.4 Å². The number of ether oxygens (including phenoxy) is 2. The number of benzene rings is 2. The van der Waals surface area contributed by atoms with Gasteiger partial charge in [-0.05, 0) is 43.9 Å². The van der Waals surface area contributed by atoms with Crippen LogP contribution in [-0.4, -0.2) is 41.0 Å². The van der Waals surface area contributed by atoms with Gasteiger partial charge in [-0.15, -0.1) is 0 Å². The topological polar surface area (TPSA) is 104 Å². The highest BCUT2D eigenvalue weighted by Gasteiger charge is 2.30. The molecule has 1 N–H and O–H groups in total. The number of hydrogen-bond donors (Lipinski definition) is 1. The molecule has 1 unspecified atom stereocenters. The molecule has 0 bridgehead atoms. The number of esters is 1. The Bertz CT molecular complexity index is 1480. The standard InChI is InChI=1S/C27H25ClF4N2O6/c1-4-20(34-8-7-14-5-6-15(28)9-16(14)27(34)38)26(37)33-19(11-22(36)40-13(2)3)21(35)12-39-25-23(31)17(29)10-18(30)24(25)32/h5-10,13,19-20H,4,11-12H2,1-3H3,(H,33,37)/t19?,20-/m0/s1. The van der Waals surface area contributed by atoms with Gasteiger partial charge in [0.05, 0.1) is 12.5 Å². The Balaban J connectivity index is 1.88. The van der Waals surface area contributed by atoms with Crippen LogP contribution in [0.25, 0.3) is 10.8 Å². The van der Waals surface area contributed by atoms with Gasteiger partial charge in [-0.25, -0.2) is 8.78 Å². The van der Waals surface area contributed by atoms with Crippen LogP contribution in [0.3, 0.4) is 0 Å². The fraction of sp³-hybridized carbons (Fsp3) is 0.333. The number of carbonyl (C=O) groups is 3. The van der Waals surface area contributed by atoms with Crippen molar-refractivity contribution in [2.24, 2.45) is 0 Å². The molecule has 40 heavy (non-hydrogen) atoms. The Morgan fingerprint density at radius 3 is 2.27 bits per heavy atom. The number of ketones is 1. The lowest BCUT2D eigenvalue weighted by Gasteiger charge is -2.23. The molecule has 3 aromatic rings. The highest BCUT2D eigenvalue weighted by Crippen LogP contribution is 2.26. The van der Waals surface area contributed by atoms with E-state index in [1.807, 2.05) is 0 Å². The minimum Gasteiger partial charge on any atom is -0.479 e. The Morgan fingerprint density at radius 1 is 1.02 bits per heavy atom. The van der Waals surface area contributed by atoms with Gasteiger partial charge in [0.1, 0.15) is 18.7 Å². The summed E-state index contributed by atoms with van der Waals surface area (Å²) >= 11 is 6.01. The van der Waals surface area contributed by atoms with Crippen LogP contribution in [0.4, 0.5) is 17.6 Å². The minimum atomic E-state index is -1.87. The van der Waals surface area contributed by atoms with Crippen molar-refractivity contribution in [2.45, 2.75) is 51.8 Å². The van der Waals surface area contributed by atoms with Gasteiger partial charge in [0.2, 0.25) is 17.5 Å². The van der Waals surface area contributed by atoms with E-state index in [1.165, 1.54) is 12.3 Å². The third-order valence-electron chi connectivity index (χ3n) is 5.79. The summed E-state index contributed by atoms with van der Waals surface area (Å²) in [5, 5.41) is 3.48. The first-order valence-corrected chi connectivity index (χ1v) is 12.5. The zero-order chi connectivity index (χ0) is 29.7. The van der Waals surface area contributed by atoms with Crippen molar-refractivity contribution >= 4 is 40.0 Å². The van der Waals surface area contributed by atoms with E-state index in [1.54, 1.807) is 39.0 Å². The normalized spacial score (nSPS) is 12.7. The van der Waals surface area contributed by atoms with E-state index in [0.717, 1.165) is 4.57 Å². The highest BCUT2D eigenvalue weighted by atomic mass is 35.5. The first kappa shape index (κ1) is 30.6. The molecular weight excluding hydrogens is 560 g/mol. The summed E-state index contributed by atoms with van der Waals surface area (Å²) in [6, 6.07) is 3.47. The summed E-state index contributed by atoms with van der Waals surface area (Å²) in [6.07, 6.45) is 0.210. The average molecular weight is 585 g/mol. The second kappa shape index (κ2) is 12.9. The Morgan fingerprint density at radius 2 is 1.68 bits per heavy atom. The predicted molar refractivity (Wildman–Crippen MR) is 137 cm³/mol. The second-order valence-corrected chi connectivity index (χ2v) is 9.48. The van der Waals surface area contributed by atoms with Crippen molar-refractivity contribution in [1.82, 2.24) is 9.88 Å². The van der Waals surface area contributed by atoms with Crippen LogP contribution >= 0.6 is 11.6 Å². The van der Waals surface area contributed by atoms with E-state index in [0.29, 0.717) is 10.4 Å². The van der Waals surface area contributed by atoms with Crippen LogP contribution in [-0.2, 0) is 19.1 Å². The number of amides is 1. The molecule has 1 aromatic heterocycles. The summed E-state index contributed by atoms with van der Waals surface area (Å²) in [6.45, 7) is 3.54. The van der Waals surface area contributed by atoms with Gasteiger partial charge in [0, 0.05) is 22.7 Å². The molecule has 3 rings (SSSR count). The van der Waals surface area contributed by atoms with Gasteiger partial charge in [-0.1, -0.05) is 24.6 Å². The molecule has 8 nitrogen and oxygen atoms in total. The van der Waals surface area contributed by atoms with Gasteiger partial charge in [-0.2, -0.15) is 8.78 Å². The molecule has 1 amide bonds. The molecule has 0 aliphatic carbocycles. The van der Waals surface area contributed by atoms with E-state index in [4.69, 9.17) is 21.1 Å². The molecule has 0 saturated carbocycles. The smallest absolute Gasteiger partial charge is 0.308 e. The largest absolute Gasteiger partial charge is 0.479 e. The maximum absolute atomic E-state index is 14.0. The maximum atomic E-state index is 14.0. The van der Waals surface area contributed by atoms with E-state index >= 15 is 0 Å². The van der Waals surface area contributed by atoms with E-state index in [2.05, 4.69) is 5.32 Å². The van der Waals surface area contributed by atoms with E-state index in [-0.39, 0.29) is 17.9 Å². The predicted octanol–water partition coefficient (Wildman–Crippen LogP) is 4.64. The average Bonchev–Trinajstić information content (AvgIpc) is 2.88. The van der Waals surface area contributed by atoms with Crippen LogP contribution in [0.1, 0.15) is 39.7 Å². The van der Waals surface area contributed by atoms with E-state index < -0.39 is 83.5 Å². The van der Waals surface area contributed by atoms with Gasteiger partial charge >= 0.3 is 5.97 Å². The SMILES string of the molecule is CC[C@@H](C(=O)NC(CC(=O)OC(C)C)C(=O)COc1c(F)c(F)cc(F)c1F)n1ccc2ccc(Cl)cc2c1=O. The minimum absolute atomic E-state index is 0.0299. The van der Waals surface area contributed by atoms with Crippen molar-refractivity contribution in [1.29, 1.82) is 0 Å². The first-order chi connectivity index (χ1) is 18.8. The highest BCUT2D eigenvalue weighted by molar-refractivity contribution is 6.31. The van der Waals surface area contributed by atoms with Crippen LogP contribution in [0, 0.1) is 23.3 Å². The molecule has 1 heterocycles. The third-order valence-corrected chi connectivity index (χ3v) is 6.03. The Labute approximate surface area is 230 Å². The molecule has 2 aromatic carbocycles. The van der Waals surface area contributed by atoms with Gasteiger partial charge in [0.15, 0.2) is 23.2 Å². The first-order valence-electron chi connectivity index (χ1n) is 12.1. The lowest BCUT2D eigenvalue weighted by Crippen LogP contribution is -2.48. The number of carbonyl (C=O) groups excluding carboxylic acids is 3. The van der Waals surface area contributed by atoms with Gasteiger partial charge < -0.3 is 19.4 Å². The summed E-state index contributed by atoms with van der Waals surface area (Å²) in [7, 11) is 0. The number of hydrogen-bond acceptors (Lipinski definition) is 6. The molecule has 13 heteroatoms. The summed E-state index contributed by atoms with van der Waals surface area (Å²) in [5.74, 6) is -11.5. The third kappa shape index (κ3) is 6.98. The molecule has 0 radical (unpaired) electrons. The molecule has 0 saturated heterocycles. The monoisotopic (exact) mass is 584 g/mol. The lowest BCUT2D eigenvalue weighted by molar-refractivity contribution is -0.149. The number of aromatic nitrogens is 1. The number of rotatable bonds is 11.